The van der Waals surface area contributed by atoms with E-state index in [2.05, 4.69) is 22.0 Å². The summed E-state index contributed by atoms with van der Waals surface area (Å²) in [6.45, 7) is 2.56. The van der Waals surface area contributed by atoms with Crippen molar-refractivity contribution in [3.05, 3.63) is 28.2 Å². The second-order valence-corrected chi connectivity index (χ2v) is 4.90. The minimum absolute atomic E-state index is 0.125. The van der Waals surface area contributed by atoms with Gasteiger partial charge >= 0.3 is 0 Å². The van der Waals surface area contributed by atoms with E-state index in [1.54, 1.807) is 0 Å². The van der Waals surface area contributed by atoms with Gasteiger partial charge in [0.15, 0.2) is 0 Å². The first kappa shape index (κ1) is 14.0. The Morgan fingerprint density at radius 3 is 2.94 bits per heavy atom. The normalized spacial score (nSPS) is 11.9. The Hall–Kier alpha value is -1.05. The summed E-state index contributed by atoms with van der Waals surface area (Å²) in [7, 11) is 0. The van der Waals surface area contributed by atoms with Gasteiger partial charge in [0.2, 0.25) is 0 Å². The van der Waals surface area contributed by atoms with Crippen molar-refractivity contribution < 1.29 is 4.74 Å². The van der Waals surface area contributed by atoms with Crippen LogP contribution in [-0.2, 0) is 6.42 Å². The quantitative estimate of drug-likeness (QED) is 0.821. The zero-order valence-electron chi connectivity index (χ0n) is 9.95. The first-order valence-electron chi connectivity index (χ1n) is 5.67. The van der Waals surface area contributed by atoms with Crippen molar-refractivity contribution >= 4 is 15.9 Å². The van der Waals surface area contributed by atoms with Crippen molar-refractivity contribution in [1.82, 2.24) is 0 Å². The molecule has 1 aromatic carbocycles. The summed E-state index contributed by atoms with van der Waals surface area (Å²) in [5, 5.41) is 8.42. The predicted molar refractivity (Wildman–Crippen MR) is 71.8 cm³/mol. The van der Waals surface area contributed by atoms with Crippen LogP contribution in [-0.4, -0.2) is 12.6 Å². The van der Waals surface area contributed by atoms with Crippen LogP contribution in [0.15, 0.2) is 22.7 Å². The molecule has 92 valence electrons. The van der Waals surface area contributed by atoms with Crippen LogP contribution in [0.3, 0.4) is 0 Å². The zero-order chi connectivity index (χ0) is 12.7. The molecule has 0 heterocycles. The maximum absolute atomic E-state index is 8.42. The molecule has 0 aromatic heterocycles. The van der Waals surface area contributed by atoms with E-state index in [4.69, 9.17) is 15.7 Å². The second-order valence-electron chi connectivity index (χ2n) is 4.04. The highest BCUT2D eigenvalue weighted by Gasteiger charge is 2.05. The van der Waals surface area contributed by atoms with Gasteiger partial charge in [-0.15, -0.1) is 0 Å². The third-order valence-electron chi connectivity index (χ3n) is 2.26. The number of benzene rings is 1. The lowest BCUT2D eigenvalue weighted by Crippen LogP contribution is -2.18. The highest BCUT2D eigenvalue weighted by atomic mass is 79.9. The lowest BCUT2D eigenvalue weighted by atomic mass is 10.1. The Kier molecular flexibility index (Phi) is 6.03. The number of hydrogen-bond donors (Lipinski definition) is 1. The fourth-order valence-electron chi connectivity index (χ4n) is 1.49. The Bertz CT molecular complexity index is 399. The van der Waals surface area contributed by atoms with Gasteiger partial charge < -0.3 is 10.5 Å². The zero-order valence-corrected chi connectivity index (χ0v) is 11.5. The fourth-order valence-corrected chi connectivity index (χ4v) is 1.89. The van der Waals surface area contributed by atoms with Gasteiger partial charge in [-0.25, -0.2) is 0 Å². The number of hydrogen-bond acceptors (Lipinski definition) is 3. The van der Waals surface area contributed by atoms with Gasteiger partial charge in [0.25, 0.3) is 0 Å². The summed E-state index contributed by atoms with van der Waals surface area (Å²) in [5.41, 5.74) is 6.94. The summed E-state index contributed by atoms with van der Waals surface area (Å²) in [6.07, 6.45) is 2.11. The Labute approximate surface area is 111 Å². The van der Waals surface area contributed by atoms with Gasteiger partial charge in [-0.2, -0.15) is 5.26 Å². The first-order chi connectivity index (χ1) is 8.13. The topological polar surface area (TPSA) is 59.0 Å². The van der Waals surface area contributed by atoms with Crippen molar-refractivity contribution in [1.29, 1.82) is 5.26 Å². The highest BCUT2D eigenvalue weighted by Crippen LogP contribution is 2.23. The molecule has 0 saturated carbocycles. The van der Waals surface area contributed by atoms with Crippen molar-refractivity contribution in [2.75, 3.05) is 6.61 Å². The van der Waals surface area contributed by atoms with Crippen molar-refractivity contribution in [2.24, 2.45) is 5.73 Å². The molecule has 0 aliphatic carbocycles. The van der Waals surface area contributed by atoms with E-state index in [1.807, 2.05) is 25.1 Å². The first-order valence-corrected chi connectivity index (χ1v) is 6.46. The van der Waals surface area contributed by atoms with Crippen LogP contribution in [0.4, 0.5) is 0 Å². The van der Waals surface area contributed by atoms with Gasteiger partial charge in [-0.3, -0.25) is 0 Å². The molecule has 17 heavy (non-hydrogen) atoms. The molecule has 0 amide bonds. The Morgan fingerprint density at radius 1 is 1.53 bits per heavy atom. The summed E-state index contributed by atoms with van der Waals surface area (Å²) in [6, 6.07) is 8.11. The van der Waals surface area contributed by atoms with E-state index in [9.17, 15) is 0 Å². The number of ether oxygens (including phenoxy) is 1. The molecule has 0 fully saturated rings. The summed E-state index contributed by atoms with van der Waals surface area (Å²) < 4.78 is 6.63. The van der Waals surface area contributed by atoms with Crippen LogP contribution in [0.25, 0.3) is 0 Å². The van der Waals surface area contributed by atoms with Gasteiger partial charge in [0.05, 0.1) is 12.7 Å². The van der Waals surface area contributed by atoms with Crippen LogP contribution in [0.1, 0.15) is 25.3 Å². The molecule has 0 spiro atoms. The predicted octanol–water partition coefficient (Wildman–Crippen LogP) is 3.02. The number of nitrogens with zero attached hydrogens (tertiary/aromatic N) is 1. The van der Waals surface area contributed by atoms with Crippen LogP contribution in [0.2, 0.25) is 0 Å². The average Bonchev–Trinajstić information content (AvgIpc) is 2.28. The maximum atomic E-state index is 8.42. The maximum Gasteiger partial charge on any atom is 0.119 e. The molecule has 0 aliphatic rings. The van der Waals surface area contributed by atoms with Crippen LogP contribution >= 0.6 is 15.9 Å². The molecular weight excluding hydrogens is 280 g/mol. The van der Waals surface area contributed by atoms with Crippen molar-refractivity contribution in [2.45, 2.75) is 32.2 Å². The van der Waals surface area contributed by atoms with Crippen LogP contribution < -0.4 is 10.5 Å². The molecule has 2 N–H and O–H groups in total. The number of nitrogens with two attached hydrogens (primary N) is 1. The van der Waals surface area contributed by atoms with E-state index in [1.165, 1.54) is 0 Å². The smallest absolute Gasteiger partial charge is 0.119 e. The van der Waals surface area contributed by atoms with Crippen LogP contribution in [0, 0.1) is 11.3 Å². The van der Waals surface area contributed by atoms with E-state index < -0.39 is 0 Å². The van der Waals surface area contributed by atoms with Gasteiger partial charge in [0.1, 0.15) is 5.75 Å². The lowest BCUT2D eigenvalue weighted by Gasteiger charge is -2.11. The van der Waals surface area contributed by atoms with E-state index >= 15 is 0 Å². The molecule has 1 atom stereocenters. The standard InChI is InChI=1S/C13H17BrN2O/c1-10(16)8-11-9-12(4-5-13(11)14)17-7-3-2-6-15/h4-5,9-10H,2-3,7-8,16H2,1H3. The third-order valence-corrected chi connectivity index (χ3v) is 3.03. The number of unbranched alkanes of at least 4 members (excludes halogenated alkanes) is 1. The van der Waals surface area contributed by atoms with Crippen LogP contribution in [0.5, 0.6) is 5.75 Å². The third kappa shape index (κ3) is 5.20. The molecule has 1 unspecified atom stereocenters. The molecule has 0 radical (unpaired) electrons. The minimum Gasteiger partial charge on any atom is -0.494 e. The molecule has 0 saturated heterocycles. The number of nitriles is 1. The van der Waals surface area contributed by atoms with Gasteiger partial charge in [-0.1, -0.05) is 15.9 Å². The SMILES string of the molecule is CC(N)Cc1cc(OCCCC#N)ccc1Br. The molecule has 1 aromatic rings. The Balaban J connectivity index is 2.59. The van der Waals surface area contributed by atoms with Crippen molar-refractivity contribution in [3.63, 3.8) is 0 Å². The molecular formula is C13H17BrN2O. The van der Waals surface area contributed by atoms with Crippen molar-refractivity contribution in [3.8, 4) is 11.8 Å². The summed E-state index contributed by atoms with van der Waals surface area (Å²) in [5.74, 6) is 0.835. The largest absolute Gasteiger partial charge is 0.494 e. The highest BCUT2D eigenvalue weighted by molar-refractivity contribution is 9.10. The summed E-state index contributed by atoms with van der Waals surface area (Å²) >= 11 is 3.50. The van der Waals surface area contributed by atoms with E-state index in [0.717, 1.165) is 28.6 Å². The molecule has 1 rings (SSSR count). The molecule has 4 heteroatoms. The van der Waals surface area contributed by atoms with Gasteiger partial charge in [0, 0.05) is 16.9 Å². The number of halogens is 1. The number of rotatable bonds is 6. The molecule has 0 aliphatic heterocycles. The van der Waals surface area contributed by atoms with Gasteiger partial charge in [-0.05, 0) is 43.5 Å². The fraction of sp³-hybridized carbons (Fsp3) is 0.462. The Morgan fingerprint density at radius 2 is 2.29 bits per heavy atom. The van der Waals surface area contributed by atoms with E-state index in [0.29, 0.717) is 13.0 Å². The lowest BCUT2D eigenvalue weighted by molar-refractivity contribution is 0.312. The molecule has 0 bridgehead atoms. The second kappa shape index (κ2) is 7.31. The average molecular weight is 297 g/mol. The van der Waals surface area contributed by atoms with E-state index in [-0.39, 0.29) is 6.04 Å². The minimum atomic E-state index is 0.125. The molecule has 3 nitrogen and oxygen atoms in total. The summed E-state index contributed by atoms with van der Waals surface area (Å²) in [4.78, 5) is 0. The monoisotopic (exact) mass is 296 g/mol.